The average molecular weight is 318 g/mol. The SMILES string of the molecule is Cc1ccc(C)c2c1[C@H]1O[C@@H]2C2C1[C@@H]1O[C@H]2c2c(C)ccc(C)c21. The fraction of sp³-hybridized carbons (Fsp3) is 0.455. The first-order valence-corrected chi connectivity index (χ1v) is 9.09. The van der Waals surface area contributed by atoms with Gasteiger partial charge in [0.2, 0.25) is 0 Å². The highest BCUT2D eigenvalue weighted by Crippen LogP contribution is 2.73. The summed E-state index contributed by atoms with van der Waals surface area (Å²) < 4.78 is 13.2. The summed E-state index contributed by atoms with van der Waals surface area (Å²) in [4.78, 5) is 0. The van der Waals surface area contributed by atoms with Crippen molar-refractivity contribution in [3.63, 3.8) is 0 Å². The van der Waals surface area contributed by atoms with Gasteiger partial charge >= 0.3 is 0 Å². The Hall–Kier alpha value is -1.64. The van der Waals surface area contributed by atoms with E-state index in [9.17, 15) is 0 Å². The van der Waals surface area contributed by atoms with E-state index >= 15 is 0 Å². The molecule has 0 aromatic heterocycles. The molecule has 4 heterocycles. The molecule has 2 heteroatoms. The van der Waals surface area contributed by atoms with Gasteiger partial charge in [0.05, 0.1) is 24.4 Å². The Morgan fingerprint density at radius 3 is 1.00 bits per heavy atom. The minimum absolute atomic E-state index is 0.220. The minimum atomic E-state index is 0.220. The molecule has 0 radical (unpaired) electrons. The van der Waals surface area contributed by atoms with Crippen molar-refractivity contribution in [3.8, 4) is 0 Å². The number of fused-ring (bicyclic) bond motifs is 15. The highest BCUT2D eigenvalue weighted by molar-refractivity contribution is 5.54. The Bertz CT molecular complexity index is 767. The molecule has 6 rings (SSSR count). The molecule has 0 saturated carbocycles. The predicted octanol–water partition coefficient (Wildman–Crippen LogP) is 5.10. The second kappa shape index (κ2) is 4.12. The molecule has 4 atom stereocenters. The van der Waals surface area contributed by atoms with E-state index in [0.29, 0.717) is 11.8 Å². The molecule has 24 heavy (non-hydrogen) atoms. The van der Waals surface area contributed by atoms with Gasteiger partial charge in [0, 0.05) is 11.8 Å². The number of rotatable bonds is 0. The fourth-order valence-corrected chi connectivity index (χ4v) is 6.07. The quantitative estimate of drug-likeness (QED) is 0.672. The van der Waals surface area contributed by atoms with Gasteiger partial charge in [-0.05, 0) is 72.2 Å². The first-order valence-electron chi connectivity index (χ1n) is 9.09. The van der Waals surface area contributed by atoms with Crippen LogP contribution in [0.2, 0.25) is 0 Å². The second-order valence-electron chi connectivity index (χ2n) is 8.16. The summed E-state index contributed by atoms with van der Waals surface area (Å²) in [5, 5.41) is 0. The van der Waals surface area contributed by atoms with Gasteiger partial charge in [-0.1, -0.05) is 24.3 Å². The standard InChI is InChI=1S/C22H22O2/c1-9-5-6-10(2)14-13(9)19-17-18(20(14)23-19)22-16-12(4)8-7-11(3)15(16)21(17)24-22/h5-8,17-22H,1-4H3/t17?,18?,19-,20+,21-,22+. The van der Waals surface area contributed by atoms with E-state index in [-0.39, 0.29) is 24.4 Å². The van der Waals surface area contributed by atoms with Gasteiger partial charge in [-0.3, -0.25) is 0 Å². The zero-order chi connectivity index (χ0) is 16.3. The molecule has 2 aromatic carbocycles. The molecule has 0 unspecified atom stereocenters. The van der Waals surface area contributed by atoms with Crippen molar-refractivity contribution in [1.82, 2.24) is 0 Å². The number of hydrogen-bond acceptors (Lipinski definition) is 2. The Morgan fingerprint density at radius 1 is 0.500 bits per heavy atom. The second-order valence-corrected chi connectivity index (χ2v) is 8.16. The van der Waals surface area contributed by atoms with Crippen molar-refractivity contribution in [2.75, 3.05) is 0 Å². The van der Waals surface area contributed by atoms with Crippen LogP contribution in [0.3, 0.4) is 0 Å². The third kappa shape index (κ3) is 1.31. The summed E-state index contributed by atoms with van der Waals surface area (Å²) in [5.74, 6) is 0.974. The van der Waals surface area contributed by atoms with E-state index in [0.717, 1.165) is 0 Å². The molecule has 2 nitrogen and oxygen atoms in total. The first-order chi connectivity index (χ1) is 11.6. The smallest absolute Gasteiger partial charge is 0.0900 e. The highest BCUT2D eigenvalue weighted by Gasteiger charge is 2.66. The van der Waals surface area contributed by atoms with E-state index in [2.05, 4.69) is 52.0 Å². The average Bonchev–Trinajstić information content (AvgIpc) is 3.29. The number of ether oxygens (including phenoxy) is 2. The van der Waals surface area contributed by atoms with E-state index in [1.807, 2.05) is 0 Å². The summed E-state index contributed by atoms with van der Waals surface area (Å²) in [6, 6.07) is 9.02. The Balaban J connectivity index is 1.58. The van der Waals surface area contributed by atoms with Gasteiger partial charge in [-0.15, -0.1) is 0 Å². The largest absolute Gasteiger partial charge is 0.365 e. The maximum absolute atomic E-state index is 6.58. The Morgan fingerprint density at radius 2 is 0.750 bits per heavy atom. The fourth-order valence-electron chi connectivity index (χ4n) is 6.07. The van der Waals surface area contributed by atoms with Crippen LogP contribution < -0.4 is 0 Å². The molecule has 0 amide bonds. The number of benzene rings is 2. The van der Waals surface area contributed by atoms with Gasteiger partial charge < -0.3 is 9.47 Å². The van der Waals surface area contributed by atoms with Crippen LogP contribution in [0.4, 0.5) is 0 Å². The molecule has 122 valence electrons. The van der Waals surface area contributed by atoms with Crippen LogP contribution in [-0.4, -0.2) is 0 Å². The molecule has 0 spiro atoms. The number of aryl methyl sites for hydroxylation is 4. The van der Waals surface area contributed by atoms with Crippen LogP contribution in [0.25, 0.3) is 0 Å². The molecule has 2 fully saturated rings. The molecule has 4 aliphatic heterocycles. The Kier molecular flexibility index (Phi) is 2.34. The zero-order valence-corrected chi connectivity index (χ0v) is 14.6. The topological polar surface area (TPSA) is 18.5 Å². The van der Waals surface area contributed by atoms with Gasteiger partial charge in [0.25, 0.3) is 0 Å². The van der Waals surface area contributed by atoms with Gasteiger partial charge in [0.15, 0.2) is 0 Å². The van der Waals surface area contributed by atoms with E-state index in [4.69, 9.17) is 9.47 Å². The summed E-state index contributed by atoms with van der Waals surface area (Å²) in [6.07, 6.45) is 0.881. The lowest BCUT2D eigenvalue weighted by Crippen LogP contribution is -2.28. The van der Waals surface area contributed by atoms with Crippen molar-refractivity contribution < 1.29 is 9.47 Å². The van der Waals surface area contributed by atoms with Crippen molar-refractivity contribution in [2.45, 2.75) is 52.1 Å². The van der Waals surface area contributed by atoms with Gasteiger partial charge in [-0.25, -0.2) is 0 Å². The van der Waals surface area contributed by atoms with Crippen LogP contribution in [-0.2, 0) is 9.47 Å². The molecule has 4 bridgehead atoms. The van der Waals surface area contributed by atoms with Gasteiger partial charge in [-0.2, -0.15) is 0 Å². The maximum atomic E-state index is 6.58. The van der Waals surface area contributed by atoms with E-state index in [1.54, 1.807) is 0 Å². The van der Waals surface area contributed by atoms with Crippen LogP contribution in [0.15, 0.2) is 24.3 Å². The summed E-state index contributed by atoms with van der Waals surface area (Å²) >= 11 is 0. The van der Waals surface area contributed by atoms with Crippen molar-refractivity contribution in [1.29, 1.82) is 0 Å². The summed E-state index contributed by atoms with van der Waals surface area (Å²) in [7, 11) is 0. The normalized spacial score (nSPS) is 36.8. The van der Waals surface area contributed by atoms with Crippen LogP contribution in [0.1, 0.15) is 68.9 Å². The number of hydrogen-bond donors (Lipinski definition) is 0. The van der Waals surface area contributed by atoms with E-state index in [1.165, 1.54) is 44.5 Å². The molecule has 0 aliphatic carbocycles. The van der Waals surface area contributed by atoms with Crippen molar-refractivity contribution in [2.24, 2.45) is 11.8 Å². The Labute approximate surface area is 142 Å². The molecule has 4 aliphatic rings. The monoisotopic (exact) mass is 318 g/mol. The molecule has 2 saturated heterocycles. The molecule has 2 aromatic rings. The lowest BCUT2D eigenvalue weighted by molar-refractivity contribution is -0.0295. The third-order valence-electron chi connectivity index (χ3n) is 7.01. The highest BCUT2D eigenvalue weighted by atomic mass is 16.5. The predicted molar refractivity (Wildman–Crippen MR) is 91.9 cm³/mol. The zero-order valence-electron chi connectivity index (χ0n) is 14.6. The first kappa shape index (κ1) is 13.6. The maximum Gasteiger partial charge on any atom is 0.0900 e. The summed E-state index contributed by atoms with van der Waals surface area (Å²) in [5.41, 5.74) is 11.4. The van der Waals surface area contributed by atoms with Crippen LogP contribution >= 0.6 is 0 Å². The van der Waals surface area contributed by atoms with Crippen molar-refractivity contribution in [3.05, 3.63) is 68.8 Å². The lowest BCUT2D eigenvalue weighted by Gasteiger charge is -2.34. The van der Waals surface area contributed by atoms with E-state index < -0.39 is 0 Å². The lowest BCUT2D eigenvalue weighted by atomic mass is 9.65. The van der Waals surface area contributed by atoms with Crippen LogP contribution in [0.5, 0.6) is 0 Å². The third-order valence-corrected chi connectivity index (χ3v) is 7.01. The molecule has 0 N–H and O–H groups in total. The van der Waals surface area contributed by atoms with Gasteiger partial charge in [0.1, 0.15) is 0 Å². The minimum Gasteiger partial charge on any atom is -0.365 e. The van der Waals surface area contributed by atoms with Crippen LogP contribution in [0, 0.1) is 39.5 Å². The summed E-state index contributed by atoms with van der Waals surface area (Å²) in [6.45, 7) is 8.92. The van der Waals surface area contributed by atoms with Crippen molar-refractivity contribution >= 4 is 0 Å². The molecular weight excluding hydrogens is 296 g/mol. The molecular formula is C22H22O2.